The number of hydrogen-bond acceptors (Lipinski definition) is 4. The summed E-state index contributed by atoms with van der Waals surface area (Å²) in [4.78, 5) is 16.9. The molecule has 0 atom stereocenters. The number of carbonyl (C=O) groups is 1. The van der Waals surface area contributed by atoms with E-state index in [1.165, 1.54) is 11.3 Å². The van der Waals surface area contributed by atoms with Gasteiger partial charge in [-0.25, -0.2) is 0 Å². The Labute approximate surface area is 126 Å². The van der Waals surface area contributed by atoms with E-state index in [-0.39, 0.29) is 5.91 Å². The van der Waals surface area contributed by atoms with Gasteiger partial charge < -0.3 is 11.1 Å². The lowest BCUT2D eigenvalue weighted by Gasteiger charge is -2.04. The molecule has 5 heteroatoms. The maximum Gasteiger partial charge on any atom is 0.263 e. The van der Waals surface area contributed by atoms with Crippen molar-refractivity contribution < 1.29 is 4.79 Å². The lowest BCUT2D eigenvalue weighted by molar-refractivity contribution is 0.0956. The third-order valence-electron chi connectivity index (χ3n) is 3.27. The number of nitrogen functional groups attached to an aromatic ring is 1. The fraction of sp³-hybridized carbons (Fsp3) is 0.125. The molecule has 0 bridgehead atoms. The van der Waals surface area contributed by atoms with Gasteiger partial charge in [-0.2, -0.15) is 0 Å². The number of amides is 1. The first-order valence-electron chi connectivity index (χ1n) is 6.61. The van der Waals surface area contributed by atoms with Crippen LogP contribution in [0.25, 0.3) is 10.1 Å². The second kappa shape index (κ2) is 5.54. The Kier molecular flexibility index (Phi) is 3.58. The molecule has 2 aromatic heterocycles. The highest BCUT2D eigenvalue weighted by Crippen LogP contribution is 2.34. The number of rotatable bonds is 3. The maximum atomic E-state index is 12.3. The van der Waals surface area contributed by atoms with E-state index in [2.05, 4.69) is 10.3 Å². The molecule has 0 aliphatic heterocycles. The molecule has 4 nitrogen and oxygen atoms in total. The van der Waals surface area contributed by atoms with Gasteiger partial charge in [-0.05, 0) is 30.2 Å². The number of nitrogens with zero attached hydrogens (tertiary/aromatic N) is 1. The van der Waals surface area contributed by atoms with E-state index in [4.69, 9.17) is 5.73 Å². The van der Waals surface area contributed by atoms with Crippen molar-refractivity contribution in [3.63, 3.8) is 0 Å². The van der Waals surface area contributed by atoms with Crippen LogP contribution in [0.2, 0.25) is 0 Å². The van der Waals surface area contributed by atoms with E-state index in [1.54, 1.807) is 12.4 Å². The molecular formula is C16H15N3OS. The lowest BCUT2D eigenvalue weighted by atomic mass is 10.1. The van der Waals surface area contributed by atoms with Crippen LogP contribution in [0.15, 0.2) is 42.7 Å². The molecule has 3 rings (SSSR count). The van der Waals surface area contributed by atoms with Crippen LogP contribution in [0.4, 0.5) is 5.69 Å². The number of aromatic nitrogens is 1. The average molecular weight is 297 g/mol. The normalized spacial score (nSPS) is 10.7. The summed E-state index contributed by atoms with van der Waals surface area (Å²) < 4.78 is 1.04. The zero-order chi connectivity index (χ0) is 14.8. The van der Waals surface area contributed by atoms with Crippen LogP contribution in [0.3, 0.4) is 0 Å². The zero-order valence-electron chi connectivity index (χ0n) is 11.6. The molecule has 0 aliphatic carbocycles. The van der Waals surface area contributed by atoms with Gasteiger partial charge in [-0.3, -0.25) is 9.78 Å². The van der Waals surface area contributed by atoms with E-state index in [1.807, 2.05) is 37.3 Å². The number of nitrogens with two attached hydrogens (primary N) is 1. The summed E-state index contributed by atoms with van der Waals surface area (Å²) in [5.41, 5.74) is 8.77. The van der Waals surface area contributed by atoms with Crippen LogP contribution in [0.1, 0.15) is 20.8 Å². The summed E-state index contributed by atoms with van der Waals surface area (Å²) in [5.74, 6) is -0.143. The molecule has 0 fully saturated rings. The van der Waals surface area contributed by atoms with Crippen LogP contribution in [-0.4, -0.2) is 10.9 Å². The zero-order valence-corrected chi connectivity index (χ0v) is 12.4. The second-order valence-corrected chi connectivity index (χ2v) is 5.94. The highest BCUT2D eigenvalue weighted by molar-refractivity contribution is 7.21. The molecule has 0 radical (unpaired) electrons. The fourth-order valence-corrected chi connectivity index (χ4v) is 3.30. The van der Waals surface area contributed by atoms with Gasteiger partial charge >= 0.3 is 0 Å². The summed E-state index contributed by atoms with van der Waals surface area (Å²) in [6.45, 7) is 2.47. The van der Waals surface area contributed by atoms with Crippen molar-refractivity contribution in [1.29, 1.82) is 0 Å². The predicted molar refractivity (Wildman–Crippen MR) is 86.4 cm³/mol. The van der Waals surface area contributed by atoms with Gasteiger partial charge in [0.15, 0.2) is 0 Å². The molecule has 21 heavy (non-hydrogen) atoms. The summed E-state index contributed by atoms with van der Waals surface area (Å²) in [7, 11) is 0. The quantitative estimate of drug-likeness (QED) is 0.780. The number of carbonyl (C=O) groups excluding carboxylic acids is 1. The van der Waals surface area contributed by atoms with Crippen molar-refractivity contribution in [2.45, 2.75) is 13.5 Å². The first kappa shape index (κ1) is 13.6. The second-order valence-electron chi connectivity index (χ2n) is 4.89. The Morgan fingerprint density at radius 3 is 3.00 bits per heavy atom. The third-order valence-corrected chi connectivity index (χ3v) is 4.43. The summed E-state index contributed by atoms with van der Waals surface area (Å²) in [6, 6.07) is 9.79. The van der Waals surface area contributed by atoms with Crippen LogP contribution >= 0.6 is 11.3 Å². The molecule has 0 saturated heterocycles. The Morgan fingerprint density at radius 2 is 2.24 bits per heavy atom. The highest BCUT2D eigenvalue weighted by Gasteiger charge is 2.16. The van der Waals surface area contributed by atoms with Gasteiger partial charge in [0.1, 0.15) is 4.88 Å². The Morgan fingerprint density at radius 1 is 1.38 bits per heavy atom. The van der Waals surface area contributed by atoms with E-state index >= 15 is 0 Å². The number of benzene rings is 1. The van der Waals surface area contributed by atoms with Crippen LogP contribution in [0, 0.1) is 6.92 Å². The lowest BCUT2D eigenvalue weighted by Crippen LogP contribution is -2.22. The van der Waals surface area contributed by atoms with E-state index in [0.717, 1.165) is 21.2 Å². The molecule has 0 unspecified atom stereocenters. The van der Waals surface area contributed by atoms with Gasteiger partial charge in [-0.15, -0.1) is 11.3 Å². The molecule has 1 amide bonds. The van der Waals surface area contributed by atoms with Crippen LogP contribution in [-0.2, 0) is 6.54 Å². The van der Waals surface area contributed by atoms with Crippen molar-refractivity contribution >= 4 is 33.0 Å². The van der Waals surface area contributed by atoms with Crippen LogP contribution < -0.4 is 11.1 Å². The summed E-state index contributed by atoms with van der Waals surface area (Å²) >= 11 is 1.43. The number of hydrogen-bond donors (Lipinski definition) is 2. The first-order valence-corrected chi connectivity index (χ1v) is 7.42. The van der Waals surface area contributed by atoms with Gasteiger partial charge in [0, 0.05) is 29.0 Å². The highest BCUT2D eigenvalue weighted by atomic mass is 32.1. The number of fused-ring (bicyclic) bond motifs is 1. The SMILES string of the molecule is Cc1ccc2c(N)c(C(=O)NCc3cccnc3)sc2c1. The minimum absolute atomic E-state index is 0.143. The summed E-state index contributed by atoms with van der Waals surface area (Å²) in [5, 5.41) is 3.82. The molecule has 1 aromatic carbocycles. The topological polar surface area (TPSA) is 68.0 Å². The Balaban J connectivity index is 1.83. The minimum Gasteiger partial charge on any atom is -0.397 e. The first-order chi connectivity index (χ1) is 10.1. The maximum absolute atomic E-state index is 12.3. The van der Waals surface area contributed by atoms with Gasteiger partial charge in [-0.1, -0.05) is 18.2 Å². The molecule has 3 aromatic rings. The predicted octanol–water partition coefficient (Wildman–Crippen LogP) is 3.12. The molecule has 106 valence electrons. The third kappa shape index (κ3) is 2.73. The van der Waals surface area contributed by atoms with E-state index in [0.29, 0.717) is 17.1 Å². The van der Waals surface area contributed by atoms with Gasteiger partial charge in [0.25, 0.3) is 5.91 Å². The van der Waals surface area contributed by atoms with E-state index < -0.39 is 0 Å². The van der Waals surface area contributed by atoms with Gasteiger partial charge in [0.2, 0.25) is 0 Å². The van der Waals surface area contributed by atoms with Crippen molar-refractivity contribution in [3.05, 3.63) is 58.7 Å². The standard InChI is InChI=1S/C16H15N3OS/c1-10-4-5-12-13(7-10)21-15(14(12)17)16(20)19-9-11-3-2-6-18-8-11/h2-8H,9,17H2,1H3,(H,19,20). The largest absolute Gasteiger partial charge is 0.397 e. The van der Waals surface area contributed by atoms with Crippen LogP contribution in [0.5, 0.6) is 0 Å². The molecule has 3 N–H and O–H groups in total. The Hall–Kier alpha value is -2.40. The number of thiophene rings is 1. The fourth-order valence-electron chi connectivity index (χ4n) is 2.16. The molecule has 0 saturated carbocycles. The van der Waals surface area contributed by atoms with Crippen molar-refractivity contribution in [2.24, 2.45) is 0 Å². The molecule has 2 heterocycles. The molecule has 0 spiro atoms. The van der Waals surface area contributed by atoms with Gasteiger partial charge in [0.05, 0.1) is 5.69 Å². The monoisotopic (exact) mass is 297 g/mol. The molecular weight excluding hydrogens is 282 g/mol. The number of aryl methyl sites for hydroxylation is 1. The van der Waals surface area contributed by atoms with Crippen molar-refractivity contribution in [2.75, 3.05) is 5.73 Å². The van der Waals surface area contributed by atoms with Crippen molar-refractivity contribution in [1.82, 2.24) is 10.3 Å². The summed E-state index contributed by atoms with van der Waals surface area (Å²) in [6.07, 6.45) is 3.44. The van der Waals surface area contributed by atoms with E-state index in [9.17, 15) is 4.79 Å². The number of anilines is 1. The van der Waals surface area contributed by atoms with Crippen molar-refractivity contribution in [3.8, 4) is 0 Å². The molecule has 0 aliphatic rings. The smallest absolute Gasteiger partial charge is 0.263 e. The Bertz CT molecular complexity index is 796. The number of nitrogens with one attached hydrogen (secondary N) is 1. The minimum atomic E-state index is -0.143. The number of pyridine rings is 1. The average Bonchev–Trinajstić information content (AvgIpc) is 2.82.